The Morgan fingerprint density at radius 1 is 0.861 bits per heavy atom. The fourth-order valence-corrected chi connectivity index (χ4v) is 4.84. The molecule has 4 rings (SSSR count). The molecule has 1 aromatic heterocycles. The van der Waals surface area contributed by atoms with Crippen molar-refractivity contribution >= 4 is 17.5 Å². The number of anilines is 2. The van der Waals surface area contributed by atoms with Gasteiger partial charge >= 0.3 is 6.03 Å². The minimum atomic E-state index is -0.0271. The summed E-state index contributed by atoms with van der Waals surface area (Å²) in [5.74, 6) is 2.39. The van der Waals surface area contributed by atoms with Gasteiger partial charge in [0.2, 0.25) is 0 Å². The summed E-state index contributed by atoms with van der Waals surface area (Å²) in [6.07, 6.45) is 0. The van der Waals surface area contributed by atoms with E-state index in [0.29, 0.717) is 24.9 Å². The highest BCUT2D eigenvalue weighted by Crippen LogP contribution is 2.33. The van der Waals surface area contributed by atoms with Crippen LogP contribution in [-0.2, 0) is 0 Å². The summed E-state index contributed by atoms with van der Waals surface area (Å²) >= 11 is 0. The molecular weight excluding hydrogens is 446 g/mol. The number of piperazine rings is 1. The van der Waals surface area contributed by atoms with Gasteiger partial charge in [0.15, 0.2) is 5.82 Å². The zero-order valence-corrected chi connectivity index (χ0v) is 22.7. The van der Waals surface area contributed by atoms with Crippen LogP contribution in [0.15, 0.2) is 42.5 Å². The van der Waals surface area contributed by atoms with Crippen LogP contribution in [0.1, 0.15) is 67.5 Å². The summed E-state index contributed by atoms with van der Waals surface area (Å²) in [5, 5.41) is 3.27. The van der Waals surface area contributed by atoms with Gasteiger partial charge < -0.3 is 15.1 Å². The third-order valence-corrected chi connectivity index (χ3v) is 7.11. The van der Waals surface area contributed by atoms with Crippen LogP contribution in [0.4, 0.5) is 16.3 Å². The number of para-hydroxylation sites is 1. The monoisotopic (exact) mass is 485 g/mol. The molecule has 2 amide bonds. The first kappa shape index (κ1) is 25.7. The van der Waals surface area contributed by atoms with Gasteiger partial charge in [-0.1, -0.05) is 69.7 Å². The molecule has 6 heteroatoms. The molecule has 3 aromatic rings. The quantitative estimate of drug-likeness (QED) is 0.438. The zero-order chi connectivity index (χ0) is 26.0. The number of hydrogen-bond acceptors (Lipinski definition) is 4. The lowest BCUT2D eigenvalue weighted by atomic mass is 9.93. The van der Waals surface area contributed by atoms with Crippen LogP contribution in [-0.4, -0.2) is 47.1 Å². The Morgan fingerprint density at radius 2 is 1.47 bits per heavy atom. The minimum Gasteiger partial charge on any atom is -0.353 e. The average molecular weight is 486 g/mol. The molecular formula is C30H39N5O. The number of nitrogens with one attached hydrogen (secondary N) is 1. The second-order valence-corrected chi connectivity index (χ2v) is 10.5. The predicted molar refractivity (Wildman–Crippen MR) is 149 cm³/mol. The molecule has 2 aromatic carbocycles. The van der Waals surface area contributed by atoms with Gasteiger partial charge in [-0.15, -0.1) is 0 Å². The first-order valence-corrected chi connectivity index (χ1v) is 13.0. The van der Waals surface area contributed by atoms with Gasteiger partial charge in [0, 0.05) is 48.7 Å². The largest absolute Gasteiger partial charge is 0.353 e. The predicted octanol–water partition coefficient (Wildman–Crippen LogP) is 6.67. The van der Waals surface area contributed by atoms with Crippen molar-refractivity contribution < 1.29 is 4.79 Å². The fraction of sp³-hybridized carbons (Fsp3) is 0.433. The molecule has 6 nitrogen and oxygen atoms in total. The zero-order valence-electron chi connectivity index (χ0n) is 22.7. The van der Waals surface area contributed by atoms with E-state index in [0.717, 1.165) is 47.2 Å². The second-order valence-electron chi connectivity index (χ2n) is 10.5. The Morgan fingerprint density at radius 3 is 2.06 bits per heavy atom. The molecule has 0 atom stereocenters. The third-order valence-electron chi connectivity index (χ3n) is 7.11. The van der Waals surface area contributed by atoms with Gasteiger partial charge in [0.1, 0.15) is 5.82 Å². The van der Waals surface area contributed by atoms with Crippen molar-refractivity contribution in [2.24, 2.45) is 0 Å². The highest BCUT2D eigenvalue weighted by molar-refractivity contribution is 5.91. The average Bonchev–Trinajstić information content (AvgIpc) is 2.85. The number of hydrogen-bond donors (Lipinski definition) is 1. The van der Waals surface area contributed by atoms with Crippen molar-refractivity contribution in [1.29, 1.82) is 0 Å². The van der Waals surface area contributed by atoms with E-state index in [9.17, 15) is 4.79 Å². The molecule has 0 spiro atoms. The molecule has 190 valence electrons. The summed E-state index contributed by atoms with van der Waals surface area (Å²) in [5.41, 5.74) is 7.64. The number of carbonyl (C=O) groups is 1. The Bertz CT molecular complexity index is 1220. The normalized spacial score (nSPS) is 14.0. The Labute approximate surface area is 215 Å². The summed E-state index contributed by atoms with van der Waals surface area (Å²) in [7, 11) is 0. The molecule has 0 radical (unpaired) electrons. The number of benzene rings is 2. The lowest BCUT2D eigenvalue weighted by molar-refractivity contribution is 0.208. The number of amides is 2. The molecule has 1 fully saturated rings. The van der Waals surface area contributed by atoms with E-state index < -0.39 is 0 Å². The maximum absolute atomic E-state index is 13.3. The van der Waals surface area contributed by atoms with Gasteiger partial charge in [0.25, 0.3) is 0 Å². The highest BCUT2D eigenvalue weighted by atomic mass is 16.2. The van der Waals surface area contributed by atoms with Crippen molar-refractivity contribution in [3.63, 3.8) is 0 Å². The lowest BCUT2D eigenvalue weighted by Gasteiger charge is -2.36. The highest BCUT2D eigenvalue weighted by Gasteiger charge is 2.26. The van der Waals surface area contributed by atoms with Crippen LogP contribution in [0.25, 0.3) is 11.4 Å². The smallest absolute Gasteiger partial charge is 0.321 e. The molecule has 1 aliphatic rings. The van der Waals surface area contributed by atoms with Crippen LogP contribution in [0.2, 0.25) is 0 Å². The van der Waals surface area contributed by atoms with E-state index in [1.807, 2.05) is 17.9 Å². The van der Waals surface area contributed by atoms with E-state index in [1.54, 1.807) is 0 Å². The SMILES string of the molecule is Cc1cccc(-c2nc(C)c(C)c(N3CCN(C(=O)Nc4c(C(C)C)cccc4C(C)C)CC3)n2)c1. The second kappa shape index (κ2) is 10.7. The topological polar surface area (TPSA) is 61.4 Å². The summed E-state index contributed by atoms with van der Waals surface area (Å²) < 4.78 is 0. The molecule has 36 heavy (non-hydrogen) atoms. The summed E-state index contributed by atoms with van der Waals surface area (Å²) in [6, 6.07) is 14.6. The first-order chi connectivity index (χ1) is 17.2. The van der Waals surface area contributed by atoms with E-state index in [4.69, 9.17) is 9.97 Å². The molecule has 0 aliphatic carbocycles. The van der Waals surface area contributed by atoms with Gasteiger partial charge in [-0.25, -0.2) is 14.8 Å². The maximum atomic E-state index is 13.3. The molecule has 2 heterocycles. The molecule has 0 bridgehead atoms. The third kappa shape index (κ3) is 5.38. The maximum Gasteiger partial charge on any atom is 0.321 e. The Kier molecular flexibility index (Phi) is 7.62. The molecule has 1 aliphatic heterocycles. The molecule has 1 N–H and O–H groups in total. The van der Waals surface area contributed by atoms with Crippen LogP contribution < -0.4 is 10.2 Å². The van der Waals surface area contributed by atoms with Crippen molar-refractivity contribution in [2.75, 3.05) is 36.4 Å². The van der Waals surface area contributed by atoms with Gasteiger partial charge in [-0.3, -0.25) is 0 Å². The first-order valence-electron chi connectivity index (χ1n) is 13.0. The number of carbonyl (C=O) groups excluding carboxylic acids is 1. The summed E-state index contributed by atoms with van der Waals surface area (Å²) in [4.78, 5) is 27.3. The van der Waals surface area contributed by atoms with Crippen LogP contribution >= 0.6 is 0 Å². The van der Waals surface area contributed by atoms with Crippen LogP contribution in [0.3, 0.4) is 0 Å². The number of aromatic nitrogens is 2. The van der Waals surface area contributed by atoms with Crippen LogP contribution in [0.5, 0.6) is 0 Å². The van der Waals surface area contributed by atoms with Gasteiger partial charge in [-0.05, 0) is 49.8 Å². The number of nitrogens with zero attached hydrogens (tertiary/aromatic N) is 4. The molecule has 0 unspecified atom stereocenters. The number of urea groups is 1. The Hall–Kier alpha value is -3.41. The van der Waals surface area contributed by atoms with Gasteiger partial charge in [0.05, 0.1) is 0 Å². The number of rotatable bonds is 5. The van der Waals surface area contributed by atoms with Gasteiger partial charge in [-0.2, -0.15) is 0 Å². The van der Waals surface area contributed by atoms with E-state index in [1.165, 1.54) is 16.7 Å². The molecule has 1 saturated heterocycles. The Balaban J connectivity index is 1.50. The van der Waals surface area contributed by atoms with Crippen molar-refractivity contribution in [2.45, 2.75) is 60.3 Å². The fourth-order valence-electron chi connectivity index (χ4n) is 4.84. The molecule has 0 saturated carbocycles. The van der Waals surface area contributed by atoms with E-state index in [2.05, 4.69) is 88.2 Å². The van der Waals surface area contributed by atoms with Crippen molar-refractivity contribution in [3.05, 3.63) is 70.4 Å². The van der Waals surface area contributed by atoms with Crippen LogP contribution in [0, 0.1) is 20.8 Å². The number of aryl methyl sites for hydroxylation is 2. The lowest BCUT2D eigenvalue weighted by Crippen LogP contribution is -2.50. The van der Waals surface area contributed by atoms with E-state index >= 15 is 0 Å². The summed E-state index contributed by atoms with van der Waals surface area (Å²) in [6.45, 7) is 17.7. The van der Waals surface area contributed by atoms with Crippen molar-refractivity contribution in [3.8, 4) is 11.4 Å². The minimum absolute atomic E-state index is 0.0271. The standard InChI is InChI=1S/C30H39N5O/c1-19(2)25-12-9-13-26(20(3)4)27(25)32-30(36)35-16-14-34(15-17-35)29-22(6)23(7)31-28(33-29)24-11-8-10-21(5)18-24/h8-13,18-20H,14-17H2,1-7H3,(H,32,36). The van der Waals surface area contributed by atoms with Crippen molar-refractivity contribution in [1.82, 2.24) is 14.9 Å². The van der Waals surface area contributed by atoms with E-state index in [-0.39, 0.29) is 6.03 Å².